The van der Waals surface area contributed by atoms with Crippen molar-refractivity contribution in [1.29, 1.82) is 5.26 Å². The standard InChI is InChI=1S/C27H25N5O3S/c1-2-27(33)31-15-21-17-32(18-22(21)16-31)36(34,35)25-6-4-3-5-24(25)20-8-10-23(11-9-20)30-26-12-7-19(13-28)14-29-26/h2-12,14,21-22H,1,15-18H2,(H,29,30)/t21-,22+. The first-order valence-corrected chi connectivity index (χ1v) is 13.1. The Hall–Kier alpha value is -4.00. The number of amides is 1. The first-order valence-electron chi connectivity index (χ1n) is 11.6. The number of benzene rings is 2. The molecule has 2 aromatic carbocycles. The maximum Gasteiger partial charge on any atom is 0.245 e. The van der Waals surface area contributed by atoms with Gasteiger partial charge in [-0.25, -0.2) is 13.4 Å². The van der Waals surface area contributed by atoms with Gasteiger partial charge in [-0.2, -0.15) is 9.57 Å². The number of nitrogens with zero attached hydrogens (tertiary/aromatic N) is 4. The summed E-state index contributed by atoms with van der Waals surface area (Å²) in [5.41, 5.74) is 2.70. The lowest BCUT2D eigenvalue weighted by Gasteiger charge is -2.22. The van der Waals surface area contributed by atoms with Crippen LogP contribution in [0.15, 0.2) is 84.4 Å². The van der Waals surface area contributed by atoms with Gasteiger partial charge in [-0.1, -0.05) is 36.9 Å². The summed E-state index contributed by atoms with van der Waals surface area (Å²) in [6.45, 7) is 5.48. The monoisotopic (exact) mass is 499 g/mol. The van der Waals surface area contributed by atoms with Gasteiger partial charge in [0.15, 0.2) is 0 Å². The van der Waals surface area contributed by atoms with Crippen LogP contribution in [0, 0.1) is 23.2 Å². The molecule has 2 atom stereocenters. The van der Waals surface area contributed by atoms with Crippen molar-refractivity contribution in [2.24, 2.45) is 11.8 Å². The molecule has 0 aliphatic carbocycles. The quantitative estimate of drug-likeness (QED) is 0.519. The maximum absolute atomic E-state index is 13.7. The van der Waals surface area contributed by atoms with Crippen molar-refractivity contribution < 1.29 is 13.2 Å². The van der Waals surface area contributed by atoms with E-state index in [4.69, 9.17) is 5.26 Å². The van der Waals surface area contributed by atoms with E-state index in [1.54, 1.807) is 33.5 Å². The molecular weight excluding hydrogens is 474 g/mol. The van der Waals surface area contributed by atoms with E-state index in [1.165, 1.54) is 12.3 Å². The topological polar surface area (TPSA) is 106 Å². The first kappa shape index (κ1) is 23.7. The summed E-state index contributed by atoms with van der Waals surface area (Å²) >= 11 is 0. The van der Waals surface area contributed by atoms with Gasteiger partial charge in [0.2, 0.25) is 15.9 Å². The molecule has 2 fully saturated rings. The zero-order valence-corrected chi connectivity index (χ0v) is 20.4. The Labute approximate surface area is 210 Å². The van der Waals surface area contributed by atoms with E-state index in [1.807, 2.05) is 42.5 Å². The number of likely N-dealkylation sites (tertiary alicyclic amines) is 1. The average Bonchev–Trinajstić information content (AvgIpc) is 3.50. The number of hydrogen-bond acceptors (Lipinski definition) is 6. The fourth-order valence-corrected chi connectivity index (χ4v) is 6.71. The largest absolute Gasteiger partial charge is 0.340 e. The molecule has 2 saturated heterocycles. The molecule has 1 N–H and O–H groups in total. The number of nitriles is 1. The number of aromatic nitrogens is 1. The van der Waals surface area contributed by atoms with Gasteiger partial charge in [-0.05, 0) is 53.8 Å². The SMILES string of the molecule is C=CC(=O)N1C[C@@H]2CN(S(=O)(=O)c3ccccc3-c3ccc(Nc4ccc(C#N)cn4)cc3)C[C@@H]2C1. The second-order valence-electron chi connectivity index (χ2n) is 9.03. The summed E-state index contributed by atoms with van der Waals surface area (Å²) in [6, 6.07) is 20.0. The highest BCUT2D eigenvalue weighted by Gasteiger charge is 2.45. The molecule has 5 rings (SSSR count). The normalized spacial score (nSPS) is 19.5. The molecule has 0 radical (unpaired) electrons. The molecule has 0 unspecified atom stereocenters. The van der Waals surface area contributed by atoms with Gasteiger partial charge >= 0.3 is 0 Å². The molecule has 1 aromatic heterocycles. The van der Waals surface area contributed by atoms with Crippen LogP contribution in [-0.4, -0.2) is 54.7 Å². The summed E-state index contributed by atoms with van der Waals surface area (Å²) < 4.78 is 28.9. The Morgan fingerprint density at radius 2 is 1.72 bits per heavy atom. The lowest BCUT2D eigenvalue weighted by molar-refractivity contribution is -0.125. The van der Waals surface area contributed by atoms with Crippen LogP contribution in [-0.2, 0) is 14.8 Å². The molecule has 0 spiro atoms. The molecule has 9 heteroatoms. The average molecular weight is 500 g/mol. The molecule has 3 aromatic rings. The van der Waals surface area contributed by atoms with Crippen LogP contribution < -0.4 is 5.32 Å². The second-order valence-corrected chi connectivity index (χ2v) is 10.9. The summed E-state index contributed by atoms with van der Waals surface area (Å²) in [5.74, 6) is 0.781. The minimum absolute atomic E-state index is 0.1000. The summed E-state index contributed by atoms with van der Waals surface area (Å²) in [5, 5.41) is 12.1. The third kappa shape index (κ3) is 4.49. The molecule has 36 heavy (non-hydrogen) atoms. The van der Waals surface area contributed by atoms with Gasteiger partial charge in [0, 0.05) is 43.6 Å². The molecule has 8 nitrogen and oxygen atoms in total. The Bertz CT molecular complexity index is 1430. The number of rotatable bonds is 6. The molecule has 182 valence electrons. The Balaban J connectivity index is 1.34. The van der Waals surface area contributed by atoms with Crippen molar-refractivity contribution in [2.75, 3.05) is 31.5 Å². The van der Waals surface area contributed by atoms with Gasteiger partial charge in [0.05, 0.1) is 10.5 Å². The van der Waals surface area contributed by atoms with Crippen LogP contribution in [0.1, 0.15) is 5.56 Å². The highest BCUT2D eigenvalue weighted by Crippen LogP contribution is 2.37. The number of hydrogen-bond donors (Lipinski definition) is 1. The van der Waals surface area contributed by atoms with Gasteiger partial charge in [0.1, 0.15) is 11.9 Å². The predicted octanol–water partition coefficient (Wildman–Crippen LogP) is 3.63. The summed E-state index contributed by atoms with van der Waals surface area (Å²) in [7, 11) is -3.71. The van der Waals surface area contributed by atoms with E-state index in [0.717, 1.165) is 11.3 Å². The number of carbonyl (C=O) groups is 1. The molecule has 2 aliphatic rings. The third-order valence-corrected chi connectivity index (χ3v) is 8.69. The van der Waals surface area contributed by atoms with Crippen molar-refractivity contribution >= 4 is 27.4 Å². The minimum atomic E-state index is -3.71. The number of anilines is 2. The zero-order valence-electron chi connectivity index (χ0n) is 19.5. The molecule has 0 bridgehead atoms. The summed E-state index contributed by atoms with van der Waals surface area (Å²) in [4.78, 5) is 18.2. The van der Waals surface area contributed by atoms with Crippen LogP contribution >= 0.6 is 0 Å². The highest BCUT2D eigenvalue weighted by molar-refractivity contribution is 7.89. The van der Waals surface area contributed by atoms with Crippen molar-refractivity contribution in [3.8, 4) is 17.2 Å². The van der Waals surface area contributed by atoms with E-state index < -0.39 is 10.0 Å². The van der Waals surface area contributed by atoms with Crippen molar-refractivity contribution in [3.63, 3.8) is 0 Å². The lowest BCUT2D eigenvalue weighted by Crippen LogP contribution is -2.35. The van der Waals surface area contributed by atoms with E-state index >= 15 is 0 Å². The van der Waals surface area contributed by atoms with Crippen LogP contribution in [0.5, 0.6) is 0 Å². The van der Waals surface area contributed by atoms with E-state index in [2.05, 4.69) is 16.9 Å². The molecule has 2 aliphatic heterocycles. The Morgan fingerprint density at radius 1 is 1.03 bits per heavy atom. The third-order valence-electron chi connectivity index (χ3n) is 6.80. The molecule has 0 saturated carbocycles. The van der Waals surface area contributed by atoms with E-state index in [9.17, 15) is 13.2 Å². The number of nitrogens with one attached hydrogen (secondary N) is 1. The fraction of sp³-hybridized carbons (Fsp3) is 0.222. The van der Waals surface area contributed by atoms with Gasteiger partial charge in [0.25, 0.3) is 0 Å². The fourth-order valence-electron chi connectivity index (χ4n) is 4.94. The van der Waals surface area contributed by atoms with Crippen molar-refractivity contribution in [3.05, 3.63) is 85.1 Å². The Kier molecular flexibility index (Phi) is 6.31. The molecule has 3 heterocycles. The minimum Gasteiger partial charge on any atom is -0.340 e. The Morgan fingerprint density at radius 3 is 2.33 bits per heavy atom. The van der Waals surface area contributed by atoms with Crippen LogP contribution in [0.4, 0.5) is 11.5 Å². The lowest BCUT2D eigenvalue weighted by atomic mass is 10.0. The van der Waals surface area contributed by atoms with Crippen molar-refractivity contribution in [1.82, 2.24) is 14.2 Å². The van der Waals surface area contributed by atoms with Gasteiger partial charge in [-0.15, -0.1) is 0 Å². The van der Waals surface area contributed by atoms with Gasteiger partial charge in [-0.3, -0.25) is 4.79 Å². The van der Waals surface area contributed by atoms with Gasteiger partial charge < -0.3 is 10.2 Å². The first-order chi connectivity index (χ1) is 17.4. The van der Waals surface area contributed by atoms with E-state index in [-0.39, 0.29) is 22.6 Å². The second kappa shape index (κ2) is 9.57. The van der Waals surface area contributed by atoms with Crippen LogP contribution in [0.2, 0.25) is 0 Å². The van der Waals surface area contributed by atoms with E-state index in [0.29, 0.717) is 43.1 Å². The zero-order chi connectivity index (χ0) is 25.3. The number of carbonyl (C=O) groups excluding carboxylic acids is 1. The van der Waals surface area contributed by atoms with Crippen LogP contribution in [0.3, 0.4) is 0 Å². The smallest absolute Gasteiger partial charge is 0.245 e. The molecule has 1 amide bonds. The van der Waals surface area contributed by atoms with Crippen LogP contribution in [0.25, 0.3) is 11.1 Å². The van der Waals surface area contributed by atoms with Crippen molar-refractivity contribution in [2.45, 2.75) is 4.90 Å². The number of fused-ring (bicyclic) bond motifs is 1. The number of pyridine rings is 1. The number of sulfonamides is 1. The summed E-state index contributed by atoms with van der Waals surface area (Å²) in [6.07, 6.45) is 2.81. The highest BCUT2D eigenvalue weighted by atomic mass is 32.2. The maximum atomic E-state index is 13.7. The molecular formula is C27H25N5O3S. The predicted molar refractivity (Wildman–Crippen MR) is 137 cm³/mol.